The summed E-state index contributed by atoms with van der Waals surface area (Å²) in [6.45, 7) is 3.12. The predicted molar refractivity (Wildman–Crippen MR) is 172 cm³/mol. The Labute approximate surface area is 266 Å². The quantitative estimate of drug-likeness (QED) is 0.124. The second kappa shape index (κ2) is 19.3. The molecule has 3 aromatic carbocycles. The fourth-order valence-electron chi connectivity index (χ4n) is 5.12. The summed E-state index contributed by atoms with van der Waals surface area (Å²) in [6.07, 6.45) is 5.86. The number of aryl methyl sites for hydroxylation is 1. The number of hydrogen-bond acceptors (Lipinski definition) is 9. The van der Waals surface area contributed by atoms with Gasteiger partial charge in [-0.15, -0.1) is 0 Å². The van der Waals surface area contributed by atoms with Gasteiger partial charge in [0, 0.05) is 31.9 Å². The van der Waals surface area contributed by atoms with E-state index in [1.807, 2.05) is 36.4 Å². The first-order valence-corrected chi connectivity index (χ1v) is 16.9. The van der Waals surface area contributed by atoms with Gasteiger partial charge in [-0.3, -0.25) is 9.69 Å². The molecule has 0 aromatic heterocycles. The van der Waals surface area contributed by atoms with Gasteiger partial charge in [-0.25, -0.2) is 0 Å². The van der Waals surface area contributed by atoms with Crippen molar-refractivity contribution < 1.29 is 37.5 Å². The molecule has 0 aliphatic rings. The smallest absolute Gasteiger partial charge is 0.382 e. The molecule has 11 heteroatoms. The minimum atomic E-state index is -4.30. The van der Waals surface area contributed by atoms with Crippen LogP contribution in [0.1, 0.15) is 72.4 Å². The lowest BCUT2D eigenvalue weighted by atomic mass is 10.0. The molecule has 0 bridgehead atoms. The van der Waals surface area contributed by atoms with E-state index in [2.05, 4.69) is 21.2 Å². The van der Waals surface area contributed by atoms with Crippen molar-refractivity contribution >= 4 is 16.3 Å². The molecule has 0 amide bonds. The van der Waals surface area contributed by atoms with E-state index in [9.17, 15) is 28.5 Å². The fraction of sp³-hybridized carbons (Fsp3) is 0.441. The Morgan fingerprint density at radius 1 is 0.844 bits per heavy atom. The first-order chi connectivity index (χ1) is 21.6. The second-order valence-corrected chi connectivity index (χ2v) is 12.4. The van der Waals surface area contributed by atoms with Gasteiger partial charge in [0.25, 0.3) is 0 Å². The number of phenols is 1. The number of nitrogens with two attached hydrogens (primary N) is 1. The number of rotatable bonds is 21. The highest BCUT2D eigenvalue weighted by Gasteiger charge is 2.16. The normalized spacial score (nSPS) is 12.4. The van der Waals surface area contributed by atoms with Gasteiger partial charge < -0.3 is 24.2 Å². The van der Waals surface area contributed by atoms with E-state index in [-0.39, 0.29) is 18.8 Å². The van der Waals surface area contributed by atoms with Crippen LogP contribution in [0.4, 0.5) is 0 Å². The molecular formula is C34H46N2O8S. The van der Waals surface area contributed by atoms with Gasteiger partial charge in [-0.05, 0) is 73.0 Å². The molecular weight excluding hydrogens is 596 g/mol. The average Bonchev–Trinajstić information content (AvgIpc) is 2.99. The van der Waals surface area contributed by atoms with E-state index in [1.165, 1.54) is 11.6 Å². The highest BCUT2D eigenvalue weighted by Crippen LogP contribution is 2.24. The molecule has 0 aliphatic heterocycles. The summed E-state index contributed by atoms with van der Waals surface area (Å²) in [7, 11) is -4.30. The summed E-state index contributed by atoms with van der Waals surface area (Å²) in [4.78, 5) is 13.9. The molecule has 0 spiro atoms. The monoisotopic (exact) mass is 642 g/mol. The van der Waals surface area contributed by atoms with Crippen LogP contribution in [0.5, 0.6) is 5.75 Å². The van der Waals surface area contributed by atoms with Crippen molar-refractivity contribution in [3.05, 3.63) is 101 Å². The van der Waals surface area contributed by atoms with Crippen molar-refractivity contribution in [2.45, 2.75) is 70.6 Å². The second-order valence-electron chi connectivity index (χ2n) is 11.2. The maximum absolute atomic E-state index is 11.7. The third-order valence-electron chi connectivity index (χ3n) is 7.40. The van der Waals surface area contributed by atoms with E-state index in [0.717, 1.165) is 63.6 Å². The average molecular weight is 643 g/mol. The molecule has 5 N–H and O–H groups in total. The molecule has 0 unspecified atom stereocenters. The first-order valence-electron chi connectivity index (χ1n) is 15.4. The van der Waals surface area contributed by atoms with Crippen LogP contribution >= 0.6 is 0 Å². The lowest BCUT2D eigenvalue weighted by molar-refractivity contribution is -0.133. The summed E-state index contributed by atoms with van der Waals surface area (Å²) in [5.41, 5.74) is 3.98. The van der Waals surface area contributed by atoms with Gasteiger partial charge in [0.15, 0.2) is 0 Å². The molecule has 0 fully saturated rings. The van der Waals surface area contributed by atoms with Crippen LogP contribution in [0, 0.1) is 0 Å². The SMILES string of the molecule is NS(=O)(=O)OC(=O)Cc1cccc(CCCCOCCCCCCN(Cc2ccccc2)C[C@H](O)c2ccc(O)c(CO)c2)c1. The van der Waals surface area contributed by atoms with E-state index >= 15 is 0 Å². The number of hydrogen-bond donors (Lipinski definition) is 4. The molecule has 3 rings (SSSR count). The number of aliphatic hydroxyl groups excluding tert-OH is 2. The van der Waals surface area contributed by atoms with Gasteiger partial charge in [0.1, 0.15) is 5.75 Å². The van der Waals surface area contributed by atoms with Gasteiger partial charge in [-0.1, -0.05) is 73.5 Å². The van der Waals surface area contributed by atoms with Crippen LogP contribution < -0.4 is 5.14 Å². The zero-order valence-corrected chi connectivity index (χ0v) is 26.5. The van der Waals surface area contributed by atoms with Gasteiger partial charge in [-0.2, -0.15) is 13.6 Å². The molecule has 0 aliphatic carbocycles. The van der Waals surface area contributed by atoms with Crippen molar-refractivity contribution in [2.75, 3.05) is 26.3 Å². The lowest BCUT2D eigenvalue weighted by Gasteiger charge is -2.26. The molecule has 0 saturated carbocycles. The Kier molecular flexibility index (Phi) is 15.5. The summed E-state index contributed by atoms with van der Waals surface area (Å²) in [5, 5.41) is 35.0. The van der Waals surface area contributed by atoms with Gasteiger partial charge >= 0.3 is 16.3 Å². The minimum absolute atomic E-state index is 0.0223. The number of benzene rings is 3. The van der Waals surface area contributed by atoms with Crippen molar-refractivity contribution in [1.29, 1.82) is 0 Å². The molecule has 246 valence electrons. The van der Waals surface area contributed by atoms with Crippen LogP contribution in [0.2, 0.25) is 0 Å². The lowest BCUT2D eigenvalue weighted by Crippen LogP contribution is -2.29. The number of aliphatic hydroxyl groups is 2. The number of ether oxygens (including phenoxy) is 1. The Balaban J connectivity index is 1.30. The third kappa shape index (κ3) is 14.5. The molecule has 10 nitrogen and oxygen atoms in total. The van der Waals surface area contributed by atoms with Crippen LogP contribution in [-0.4, -0.2) is 60.9 Å². The van der Waals surface area contributed by atoms with Crippen molar-refractivity contribution in [2.24, 2.45) is 5.14 Å². The van der Waals surface area contributed by atoms with Crippen LogP contribution in [0.25, 0.3) is 0 Å². The maximum atomic E-state index is 11.7. The maximum Gasteiger partial charge on any atom is 0.382 e. The van der Waals surface area contributed by atoms with E-state index in [0.29, 0.717) is 36.4 Å². The highest BCUT2D eigenvalue weighted by atomic mass is 32.2. The largest absolute Gasteiger partial charge is 0.508 e. The molecule has 45 heavy (non-hydrogen) atoms. The van der Waals surface area contributed by atoms with Crippen molar-refractivity contribution in [3.63, 3.8) is 0 Å². The van der Waals surface area contributed by atoms with Crippen molar-refractivity contribution in [3.8, 4) is 5.75 Å². The highest BCUT2D eigenvalue weighted by molar-refractivity contribution is 7.84. The zero-order chi connectivity index (χ0) is 32.5. The van der Waals surface area contributed by atoms with Crippen molar-refractivity contribution in [1.82, 2.24) is 4.90 Å². The summed E-state index contributed by atoms with van der Waals surface area (Å²) < 4.78 is 31.8. The van der Waals surface area contributed by atoms with Crippen LogP contribution in [0.3, 0.4) is 0 Å². The molecule has 0 saturated heterocycles. The number of aromatic hydroxyl groups is 1. The Bertz CT molecular complexity index is 1420. The third-order valence-corrected chi connectivity index (χ3v) is 7.82. The summed E-state index contributed by atoms with van der Waals surface area (Å²) in [5.74, 6) is -0.885. The molecule has 0 heterocycles. The fourth-order valence-corrected chi connectivity index (χ4v) is 5.43. The molecule has 0 radical (unpaired) electrons. The van der Waals surface area contributed by atoms with Gasteiger partial charge in [0.2, 0.25) is 0 Å². The number of carbonyl (C=O) groups is 1. The standard InChI is InChI=1S/C34H46N2O8S/c35-45(41,42)44-34(40)22-29-15-10-14-27(21-29)11-6-9-20-43-19-8-2-1-7-18-36(24-28-12-4-3-5-13-28)25-33(39)30-16-17-32(38)31(23-30)26-37/h3-5,10,12-17,21,23,33,37-39H,1-2,6-9,11,18-20,22,24-26H2,(H2,35,41,42)/t33-/m0/s1. The molecule has 1 atom stereocenters. The van der Waals surface area contributed by atoms with E-state index < -0.39 is 22.4 Å². The topological polar surface area (TPSA) is 160 Å². The Morgan fingerprint density at radius 3 is 2.27 bits per heavy atom. The predicted octanol–water partition coefficient (Wildman–Crippen LogP) is 4.31. The van der Waals surface area contributed by atoms with Crippen LogP contribution in [0.15, 0.2) is 72.8 Å². The number of nitrogens with zero attached hydrogens (tertiary/aromatic N) is 1. The summed E-state index contributed by atoms with van der Waals surface area (Å²) in [6, 6.07) is 22.4. The van der Waals surface area contributed by atoms with Gasteiger partial charge in [0.05, 0.1) is 19.1 Å². The Morgan fingerprint density at radius 2 is 1.53 bits per heavy atom. The minimum Gasteiger partial charge on any atom is -0.508 e. The molecule has 3 aromatic rings. The Hall–Kier alpha value is -3.32. The number of unbranched alkanes of at least 4 members (excludes halogenated alkanes) is 4. The van der Waals surface area contributed by atoms with Crippen LogP contribution in [-0.2, 0) is 50.0 Å². The summed E-state index contributed by atoms with van der Waals surface area (Å²) >= 11 is 0. The number of carbonyl (C=O) groups excluding carboxylic acids is 1. The first kappa shape index (κ1) is 36.2. The van der Waals surface area contributed by atoms with E-state index in [4.69, 9.17) is 9.88 Å². The zero-order valence-electron chi connectivity index (χ0n) is 25.7. The van der Waals surface area contributed by atoms with E-state index in [1.54, 1.807) is 18.2 Å².